The second-order valence-electron chi connectivity index (χ2n) is 4.05. The molecule has 0 spiro atoms. The second kappa shape index (κ2) is 4.19. The van der Waals surface area contributed by atoms with Crippen LogP contribution in [-0.4, -0.2) is 6.10 Å². The molecule has 0 radical (unpaired) electrons. The van der Waals surface area contributed by atoms with Crippen LogP contribution in [0.2, 0.25) is 0 Å². The van der Waals surface area contributed by atoms with E-state index >= 15 is 0 Å². The molecule has 0 fully saturated rings. The Morgan fingerprint density at radius 3 is 3.07 bits per heavy atom. The van der Waals surface area contributed by atoms with E-state index in [2.05, 4.69) is 6.92 Å². The predicted octanol–water partition coefficient (Wildman–Crippen LogP) is 2.78. The van der Waals surface area contributed by atoms with Crippen molar-refractivity contribution in [3.05, 3.63) is 29.6 Å². The van der Waals surface area contributed by atoms with E-state index in [1.165, 1.54) is 12.1 Å². The van der Waals surface area contributed by atoms with Crippen molar-refractivity contribution in [2.45, 2.75) is 38.3 Å². The first-order chi connectivity index (χ1) is 7.20. The molecule has 0 amide bonds. The van der Waals surface area contributed by atoms with Crippen LogP contribution in [0.3, 0.4) is 0 Å². The number of halogens is 1. The molecule has 82 valence electrons. The van der Waals surface area contributed by atoms with E-state index in [9.17, 15) is 4.39 Å². The Labute approximate surface area is 89.2 Å². The van der Waals surface area contributed by atoms with E-state index < -0.39 is 0 Å². The zero-order chi connectivity index (χ0) is 10.8. The van der Waals surface area contributed by atoms with Gasteiger partial charge in [-0.2, -0.15) is 0 Å². The van der Waals surface area contributed by atoms with Gasteiger partial charge in [-0.1, -0.05) is 13.3 Å². The molecular weight excluding hydrogens is 193 g/mol. The van der Waals surface area contributed by atoms with E-state index in [-0.39, 0.29) is 18.0 Å². The Kier molecular flexibility index (Phi) is 2.91. The van der Waals surface area contributed by atoms with Crippen LogP contribution in [-0.2, 0) is 0 Å². The first-order valence-electron chi connectivity index (χ1n) is 5.42. The number of hydrogen-bond acceptors (Lipinski definition) is 2. The largest absolute Gasteiger partial charge is 0.490 e. The van der Waals surface area contributed by atoms with Crippen LogP contribution in [0, 0.1) is 5.82 Å². The molecule has 0 saturated carbocycles. The van der Waals surface area contributed by atoms with Crippen LogP contribution in [0.1, 0.15) is 37.8 Å². The number of nitrogens with two attached hydrogens (primary N) is 1. The van der Waals surface area contributed by atoms with Crippen molar-refractivity contribution in [1.29, 1.82) is 0 Å². The zero-order valence-corrected chi connectivity index (χ0v) is 8.87. The van der Waals surface area contributed by atoms with Gasteiger partial charge in [0.1, 0.15) is 17.7 Å². The van der Waals surface area contributed by atoms with Gasteiger partial charge in [0.25, 0.3) is 0 Å². The van der Waals surface area contributed by atoms with Crippen LogP contribution in [0.5, 0.6) is 5.75 Å². The minimum Gasteiger partial charge on any atom is -0.490 e. The van der Waals surface area contributed by atoms with Gasteiger partial charge in [0, 0.05) is 18.0 Å². The van der Waals surface area contributed by atoms with Gasteiger partial charge in [-0.05, 0) is 24.6 Å². The molecule has 0 bridgehead atoms. The van der Waals surface area contributed by atoms with Crippen molar-refractivity contribution in [3.63, 3.8) is 0 Å². The summed E-state index contributed by atoms with van der Waals surface area (Å²) >= 11 is 0. The Hall–Kier alpha value is -1.09. The average molecular weight is 209 g/mol. The maximum Gasteiger partial charge on any atom is 0.124 e. The summed E-state index contributed by atoms with van der Waals surface area (Å²) in [5.41, 5.74) is 6.78. The standard InChI is InChI=1S/C12H16FNO/c1-2-3-9-7-11(14)10-6-8(13)4-5-12(10)15-9/h4-6,9,11H,2-3,7,14H2,1H3/t9?,11-/m1/s1. The van der Waals surface area contributed by atoms with Crippen LogP contribution < -0.4 is 10.5 Å². The first kappa shape index (κ1) is 10.4. The quantitative estimate of drug-likeness (QED) is 0.812. The van der Waals surface area contributed by atoms with Crippen molar-refractivity contribution in [2.75, 3.05) is 0 Å². The zero-order valence-electron chi connectivity index (χ0n) is 8.87. The highest BCUT2D eigenvalue weighted by molar-refractivity contribution is 5.38. The Morgan fingerprint density at radius 1 is 1.53 bits per heavy atom. The van der Waals surface area contributed by atoms with Gasteiger partial charge in [0.05, 0.1) is 0 Å². The SMILES string of the molecule is CCCC1C[C@@H](N)c2cc(F)ccc2O1. The molecule has 3 heteroatoms. The van der Waals surface area contributed by atoms with Crippen molar-refractivity contribution in [3.8, 4) is 5.75 Å². The monoisotopic (exact) mass is 209 g/mol. The maximum atomic E-state index is 13.0. The third-order valence-electron chi connectivity index (χ3n) is 2.79. The van der Waals surface area contributed by atoms with Gasteiger partial charge < -0.3 is 10.5 Å². The fourth-order valence-corrected chi connectivity index (χ4v) is 2.05. The fourth-order valence-electron chi connectivity index (χ4n) is 2.05. The molecule has 0 saturated heterocycles. The Morgan fingerprint density at radius 2 is 2.33 bits per heavy atom. The minimum atomic E-state index is -0.248. The summed E-state index contributed by atoms with van der Waals surface area (Å²) in [5.74, 6) is 0.496. The molecule has 1 aliphatic heterocycles. The highest BCUT2D eigenvalue weighted by atomic mass is 19.1. The molecule has 1 aromatic carbocycles. The molecule has 2 nitrogen and oxygen atoms in total. The highest BCUT2D eigenvalue weighted by Gasteiger charge is 2.25. The molecule has 2 N–H and O–H groups in total. The van der Waals surface area contributed by atoms with Crippen molar-refractivity contribution in [2.24, 2.45) is 5.73 Å². The highest BCUT2D eigenvalue weighted by Crippen LogP contribution is 2.34. The van der Waals surface area contributed by atoms with Crippen LogP contribution >= 0.6 is 0 Å². The number of rotatable bonds is 2. The molecule has 2 atom stereocenters. The predicted molar refractivity (Wildman–Crippen MR) is 57.3 cm³/mol. The Bertz CT molecular complexity index is 353. The molecule has 0 aromatic heterocycles. The van der Waals surface area contributed by atoms with E-state index in [4.69, 9.17) is 10.5 Å². The second-order valence-corrected chi connectivity index (χ2v) is 4.05. The minimum absolute atomic E-state index is 0.0963. The maximum absolute atomic E-state index is 13.0. The topological polar surface area (TPSA) is 35.2 Å². The van der Waals surface area contributed by atoms with Crippen LogP contribution in [0.4, 0.5) is 4.39 Å². The molecule has 0 aliphatic carbocycles. The van der Waals surface area contributed by atoms with Gasteiger partial charge in [-0.25, -0.2) is 4.39 Å². The van der Waals surface area contributed by atoms with Crippen molar-refractivity contribution >= 4 is 0 Å². The van der Waals surface area contributed by atoms with Crippen molar-refractivity contribution in [1.82, 2.24) is 0 Å². The summed E-state index contributed by atoms with van der Waals surface area (Å²) in [4.78, 5) is 0. The number of fused-ring (bicyclic) bond motifs is 1. The van der Waals surface area contributed by atoms with Crippen molar-refractivity contribution < 1.29 is 9.13 Å². The van der Waals surface area contributed by atoms with Gasteiger partial charge in [-0.3, -0.25) is 0 Å². The first-order valence-corrected chi connectivity index (χ1v) is 5.42. The number of hydrogen-bond donors (Lipinski definition) is 1. The average Bonchev–Trinajstić information content (AvgIpc) is 2.20. The lowest BCUT2D eigenvalue weighted by Gasteiger charge is -2.30. The summed E-state index contributed by atoms with van der Waals surface area (Å²) in [7, 11) is 0. The van der Waals surface area contributed by atoms with Crippen LogP contribution in [0.25, 0.3) is 0 Å². The summed E-state index contributed by atoms with van der Waals surface area (Å²) in [6.07, 6.45) is 3.05. The summed E-state index contributed by atoms with van der Waals surface area (Å²) in [6.45, 7) is 2.12. The summed E-state index contributed by atoms with van der Waals surface area (Å²) < 4.78 is 18.8. The molecule has 1 heterocycles. The number of benzene rings is 1. The molecule has 2 rings (SSSR count). The molecule has 1 unspecified atom stereocenters. The summed E-state index contributed by atoms with van der Waals surface area (Å²) in [5, 5.41) is 0. The van der Waals surface area contributed by atoms with Crippen LogP contribution in [0.15, 0.2) is 18.2 Å². The molecule has 1 aromatic rings. The lowest BCUT2D eigenvalue weighted by Crippen LogP contribution is -2.29. The van der Waals surface area contributed by atoms with Gasteiger partial charge in [0.15, 0.2) is 0 Å². The third-order valence-corrected chi connectivity index (χ3v) is 2.79. The van der Waals surface area contributed by atoms with Gasteiger partial charge in [0.2, 0.25) is 0 Å². The van der Waals surface area contributed by atoms with E-state index in [1.807, 2.05) is 0 Å². The molecule has 1 aliphatic rings. The Balaban J connectivity index is 2.24. The lowest BCUT2D eigenvalue weighted by molar-refractivity contribution is 0.149. The van der Waals surface area contributed by atoms with E-state index in [0.29, 0.717) is 0 Å². The molecular formula is C12H16FNO. The van der Waals surface area contributed by atoms with Gasteiger partial charge >= 0.3 is 0 Å². The number of ether oxygens (including phenoxy) is 1. The van der Waals surface area contributed by atoms with E-state index in [1.54, 1.807) is 6.07 Å². The lowest BCUT2D eigenvalue weighted by atomic mass is 9.95. The summed E-state index contributed by atoms with van der Waals surface area (Å²) in [6, 6.07) is 4.47. The normalized spacial score (nSPS) is 24.5. The third kappa shape index (κ3) is 2.12. The smallest absolute Gasteiger partial charge is 0.124 e. The fraction of sp³-hybridized carbons (Fsp3) is 0.500. The molecule has 15 heavy (non-hydrogen) atoms. The van der Waals surface area contributed by atoms with E-state index in [0.717, 1.165) is 30.6 Å². The van der Waals surface area contributed by atoms with Gasteiger partial charge in [-0.15, -0.1) is 0 Å².